The number of ether oxygens (including phenoxy) is 1. The molecule has 0 saturated heterocycles. The van der Waals surface area contributed by atoms with Gasteiger partial charge in [0, 0.05) is 48.8 Å². The Morgan fingerprint density at radius 3 is 2.62 bits per heavy atom. The van der Waals surface area contributed by atoms with E-state index < -0.39 is 0 Å². The Labute approximate surface area is 127 Å². The van der Waals surface area contributed by atoms with E-state index in [1.165, 1.54) is 5.56 Å². The van der Waals surface area contributed by atoms with Gasteiger partial charge in [-0.05, 0) is 12.1 Å². The Morgan fingerprint density at radius 1 is 1.23 bits per heavy atom. The van der Waals surface area contributed by atoms with Gasteiger partial charge in [0.1, 0.15) is 12.4 Å². The van der Waals surface area contributed by atoms with E-state index in [1.807, 2.05) is 30.3 Å². The molecule has 69 valence electrons. The summed E-state index contributed by atoms with van der Waals surface area (Å²) < 4.78 is 5.34. The Kier molecular flexibility index (Phi) is 10.4. The van der Waals surface area contributed by atoms with Crippen LogP contribution in [0.2, 0.25) is 0 Å². The fourth-order valence-electron chi connectivity index (χ4n) is 1.06. The molecule has 1 aromatic carbocycles. The third-order valence-electron chi connectivity index (χ3n) is 1.55. The molecule has 0 N–H and O–H groups in total. The van der Waals surface area contributed by atoms with E-state index in [1.54, 1.807) is 0 Å². The van der Waals surface area contributed by atoms with Crippen molar-refractivity contribution in [3.63, 3.8) is 0 Å². The van der Waals surface area contributed by atoms with Gasteiger partial charge in [-0.3, -0.25) is 0 Å². The molecule has 0 bridgehead atoms. The molecule has 0 fully saturated rings. The van der Waals surface area contributed by atoms with E-state index in [2.05, 4.69) is 6.08 Å². The molecule has 1 aliphatic heterocycles. The van der Waals surface area contributed by atoms with Gasteiger partial charge in [0.2, 0.25) is 0 Å². The second-order valence-corrected chi connectivity index (χ2v) is 2.25. The zero-order valence-corrected chi connectivity index (χ0v) is 11.9. The summed E-state index contributed by atoms with van der Waals surface area (Å²) in [6.45, 7) is 0.705. The van der Waals surface area contributed by atoms with Crippen LogP contribution in [-0.2, 0) is 43.3 Å². The summed E-state index contributed by atoms with van der Waals surface area (Å²) in [4.78, 5) is 0. The van der Waals surface area contributed by atoms with Crippen molar-refractivity contribution in [3.05, 3.63) is 35.9 Å². The first-order chi connectivity index (χ1) is 4.97. The van der Waals surface area contributed by atoms with Gasteiger partial charge in [-0.15, -0.1) is 0 Å². The number of rotatable bonds is 0. The van der Waals surface area contributed by atoms with Crippen LogP contribution < -0.4 is 4.74 Å². The van der Waals surface area contributed by atoms with Gasteiger partial charge in [-0.25, -0.2) is 0 Å². The predicted molar refractivity (Wildman–Crippen MR) is 48.9 cm³/mol. The molecule has 0 atom stereocenters. The molecule has 0 aromatic heterocycles. The average molecular weight is 313 g/mol. The zero-order valence-electron chi connectivity index (χ0n) is 9.09. The van der Waals surface area contributed by atoms with Crippen molar-refractivity contribution in [3.8, 4) is 5.75 Å². The van der Waals surface area contributed by atoms with Crippen molar-refractivity contribution >= 4 is 29.1 Å². The molecule has 0 unspecified atom stereocenters. The fraction of sp³-hybridized carbons (Fsp3) is 0.111. The van der Waals surface area contributed by atoms with Gasteiger partial charge < -0.3 is 7.59 Å². The van der Waals surface area contributed by atoms with Gasteiger partial charge in [-0.1, -0.05) is 24.3 Å². The van der Waals surface area contributed by atoms with Crippen LogP contribution in [0, 0.1) is 0 Å². The van der Waals surface area contributed by atoms with E-state index in [-0.39, 0.29) is 69.2 Å². The minimum absolute atomic E-state index is 0. The van der Waals surface area contributed by atoms with Crippen LogP contribution in [0.4, 0.5) is 0 Å². The van der Waals surface area contributed by atoms with Crippen LogP contribution in [0.15, 0.2) is 30.3 Å². The molecular formula is C9H10CuMgOZr. The third kappa shape index (κ3) is 4.31. The number of para-hydroxylation sites is 1. The van der Waals surface area contributed by atoms with E-state index in [9.17, 15) is 0 Å². The molecule has 0 saturated carbocycles. The molecule has 1 radical (unpaired) electrons. The SMILES string of the molecule is C1=Cc2ccccc2OC1.[Cu].[H-].[H-].[Mg+2].[Zr]. The molecule has 0 spiro atoms. The van der Waals surface area contributed by atoms with Crippen LogP contribution in [-0.4, -0.2) is 29.7 Å². The smallest absolute Gasteiger partial charge is 1.00 e. The van der Waals surface area contributed by atoms with Crippen molar-refractivity contribution < 1.29 is 50.9 Å². The van der Waals surface area contributed by atoms with Crippen molar-refractivity contribution in [1.29, 1.82) is 0 Å². The number of fused-ring (bicyclic) bond motifs is 1. The van der Waals surface area contributed by atoms with E-state index in [0.717, 1.165) is 5.75 Å². The molecule has 1 aliphatic rings. The fourth-order valence-corrected chi connectivity index (χ4v) is 1.06. The van der Waals surface area contributed by atoms with Gasteiger partial charge >= 0.3 is 23.1 Å². The first-order valence-electron chi connectivity index (χ1n) is 3.35. The molecule has 0 aliphatic carbocycles. The van der Waals surface area contributed by atoms with E-state index in [4.69, 9.17) is 4.74 Å². The monoisotopic (exact) mass is 311 g/mol. The first kappa shape index (κ1) is 16.4. The first-order valence-corrected chi connectivity index (χ1v) is 3.35. The van der Waals surface area contributed by atoms with Crippen molar-refractivity contribution in [2.75, 3.05) is 6.61 Å². The minimum Gasteiger partial charge on any atom is -1.00 e. The number of hydrogen-bond donors (Lipinski definition) is 0. The molecule has 1 aromatic rings. The maximum absolute atomic E-state index is 5.34. The molecule has 0 amide bonds. The summed E-state index contributed by atoms with van der Waals surface area (Å²) in [5.74, 6) is 0.991. The van der Waals surface area contributed by atoms with Crippen molar-refractivity contribution in [2.45, 2.75) is 0 Å². The third-order valence-corrected chi connectivity index (χ3v) is 1.55. The van der Waals surface area contributed by atoms with Crippen LogP contribution in [0.3, 0.4) is 0 Å². The van der Waals surface area contributed by atoms with Gasteiger partial charge in [0.15, 0.2) is 0 Å². The van der Waals surface area contributed by atoms with Gasteiger partial charge in [0.25, 0.3) is 0 Å². The Bertz CT molecular complexity index is 287. The van der Waals surface area contributed by atoms with Gasteiger partial charge in [0.05, 0.1) is 0 Å². The second kappa shape index (κ2) is 8.25. The van der Waals surface area contributed by atoms with Crippen molar-refractivity contribution in [2.24, 2.45) is 0 Å². The van der Waals surface area contributed by atoms with Crippen LogP contribution in [0.5, 0.6) is 5.75 Å². The van der Waals surface area contributed by atoms with Crippen LogP contribution >= 0.6 is 0 Å². The van der Waals surface area contributed by atoms with Crippen molar-refractivity contribution in [1.82, 2.24) is 0 Å². The van der Waals surface area contributed by atoms with Crippen LogP contribution in [0.25, 0.3) is 6.08 Å². The minimum atomic E-state index is 0. The molecular weight excluding hydrogens is 303 g/mol. The Morgan fingerprint density at radius 2 is 1.92 bits per heavy atom. The Hall–Kier alpha value is 0.929. The standard InChI is InChI=1S/C9H8O.Cu.Mg.Zr.2H/c1-2-6-9-8(4-1)5-3-7-10-9;;;;;/h1-6H,7H2;;;;;/q;;+2;;2*-1. The predicted octanol–water partition coefficient (Wildman–Crippen LogP) is 1.93. The van der Waals surface area contributed by atoms with E-state index in [0.29, 0.717) is 6.61 Å². The summed E-state index contributed by atoms with van der Waals surface area (Å²) in [7, 11) is 0. The second-order valence-electron chi connectivity index (χ2n) is 2.25. The summed E-state index contributed by atoms with van der Waals surface area (Å²) in [6, 6.07) is 8.03. The zero-order chi connectivity index (χ0) is 6.81. The molecule has 4 heteroatoms. The van der Waals surface area contributed by atoms with Crippen LogP contribution in [0.1, 0.15) is 8.42 Å². The largest absolute Gasteiger partial charge is 2.00 e. The topological polar surface area (TPSA) is 9.23 Å². The summed E-state index contributed by atoms with van der Waals surface area (Å²) >= 11 is 0. The molecule has 2 rings (SSSR count). The van der Waals surface area contributed by atoms with E-state index >= 15 is 0 Å². The Balaban J connectivity index is -0.000000121. The quantitative estimate of drug-likeness (QED) is 0.665. The number of hydrogen-bond acceptors (Lipinski definition) is 1. The molecule has 1 nitrogen and oxygen atoms in total. The maximum Gasteiger partial charge on any atom is 2.00 e. The maximum atomic E-state index is 5.34. The van der Waals surface area contributed by atoms with Gasteiger partial charge in [-0.2, -0.15) is 0 Å². The average Bonchev–Trinajstić information content (AvgIpc) is 2.05. The normalized spacial score (nSPS) is 10.8. The molecule has 1 heterocycles. The summed E-state index contributed by atoms with van der Waals surface area (Å²) in [5, 5.41) is 0. The molecule has 13 heavy (non-hydrogen) atoms. The summed E-state index contributed by atoms with van der Waals surface area (Å²) in [5.41, 5.74) is 1.17. The number of benzene rings is 1. The summed E-state index contributed by atoms with van der Waals surface area (Å²) in [6.07, 6.45) is 4.10.